The molecule has 2 aromatic heterocycles. The average Bonchev–Trinajstić information content (AvgIpc) is 3.29. The normalized spacial score (nSPS) is 16.6. The summed E-state index contributed by atoms with van der Waals surface area (Å²) in [7, 11) is 0. The maximum atomic E-state index is 13.9. The van der Waals surface area contributed by atoms with Crippen LogP contribution in [0.5, 0.6) is 11.5 Å². The van der Waals surface area contributed by atoms with E-state index in [9.17, 15) is 14.9 Å². The molecule has 11 nitrogen and oxygen atoms in total. The number of amides is 1. The van der Waals surface area contributed by atoms with Crippen LogP contribution in [0, 0.1) is 11.3 Å². The van der Waals surface area contributed by atoms with Crippen molar-refractivity contribution in [3.63, 3.8) is 0 Å². The number of nitrogen functional groups attached to an aromatic ring is 1. The van der Waals surface area contributed by atoms with Gasteiger partial charge in [0, 0.05) is 18.6 Å². The van der Waals surface area contributed by atoms with E-state index < -0.39 is 5.54 Å². The minimum Gasteiger partial charge on any atom is -0.457 e. The lowest BCUT2D eigenvalue weighted by Crippen LogP contribution is -2.53. The van der Waals surface area contributed by atoms with Gasteiger partial charge < -0.3 is 15.4 Å². The molecule has 0 spiro atoms. The van der Waals surface area contributed by atoms with E-state index >= 15 is 0 Å². The van der Waals surface area contributed by atoms with Crippen molar-refractivity contribution in [2.75, 3.05) is 31.9 Å². The number of para-hydroxylation sites is 1. The molecule has 0 saturated carbocycles. The van der Waals surface area contributed by atoms with Gasteiger partial charge in [-0.2, -0.15) is 5.26 Å². The molecule has 220 valence electrons. The first-order valence-corrected chi connectivity index (χ1v) is 14.5. The number of hydrogen-bond donors (Lipinski definition) is 1. The monoisotopic (exact) mass is 578 g/mol. The molecular weight excluding hydrogens is 544 g/mol. The molecule has 2 aliphatic rings. The SMILES string of the molecule is CC(C)(C=C(C#N)C(=O)N1CC(n2c(=O)n(-c3ccc(Oc4ccccc4)cc3)c3c(N)ncnc32)C1)N1CCCCC1. The largest absolute Gasteiger partial charge is 0.457 e. The standard InChI is InChI=1S/C32H34N8O3/c1-32(2,38-15-7-4-8-16-38)17-22(18-33)30(41)37-19-24(20-37)40-29-27(28(34)35-21-36-29)39(31(40)42)23-11-13-26(14-12-23)43-25-9-5-3-6-10-25/h3,5-6,9-14,17,21,24H,4,7-8,15-16,19-20H2,1-2H3,(H2,34,35,36). The maximum Gasteiger partial charge on any atom is 0.335 e. The number of carbonyl (C=O) groups is 1. The molecule has 11 heteroatoms. The molecule has 2 saturated heterocycles. The van der Waals surface area contributed by atoms with Crippen molar-refractivity contribution >= 4 is 22.9 Å². The number of ether oxygens (including phenoxy) is 1. The number of likely N-dealkylation sites (tertiary alicyclic amines) is 2. The third-order valence-electron chi connectivity index (χ3n) is 8.29. The Bertz CT molecular complexity index is 1770. The first-order valence-electron chi connectivity index (χ1n) is 14.5. The molecule has 4 aromatic rings. The Morgan fingerprint density at radius 3 is 2.37 bits per heavy atom. The number of nitriles is 1. The van der Waals surface area contributed by atoms with Gasteiger partial charge >= 0.3 is 5.69 Å². The summed E-state index contributed by atoms with van der Waals surface area (Å²) in [4.78, 5) is 39.7. The van der Waals surface area contributed by atoms with Crippen LogP contribution in [0.15, 0.2) is 77.4 Å². The molecule has 43 heavy (non-hydrogen) atoms. The van der Waals surface area contributed by atoms with E-state index in [0.29, 0.717) is 28.4 Å². The van der Waals surface area contributed by atoms with E-state index in [2.05, 4.69) is 20.9 Å². The first kappa shape index (κ1) is 28.2. The number of piperidine rings is 1. The Balaban J connectivity index is 1.25. The molecule has 4 heterocycles. The summed E-state index contributed by atoms with van der Waals surface area (Å²) in [5.41, 5.74) is 7.00. The van der Waals surface area contributed by atoms with Crippen molar-refractivity contribution in [1.82, 2.24) is 28.9 Å². The zero-order valence-electron chi connectivity index (χ0n) is 24.3. The molecule has 0 bridgehead atoms. The van der Waals surface area contributed by atoms with Crippen LogP contribution in [-0.4, -0.2) is 66.5 Å². The lowest BCUT2D eigenvalue weighted by atomic mass is 9.95. The van der Waals surface area contributed by atoms with E-state index in [-0.39, 0.29) is 42.1 Å². The third kappa shape index (κ3) is 5.37. The number of anilines is 1. The highest BCUT2D eigenvalue weighted by Crippen LogP contribution is 2.30. The number of nitrogens with zero attached hydrogens (tertiary/aromatic N) is 7. The topological polar surface area (TPSA) is 135 Å². The fourth-order valence-electron chi connectivity index (χ4n) is 5.94. The average molecular weight is 579 g/mol. The van der Waals surface area contributed by atoms with Gasteiger partial charge in [-0.15, -0.1) is 0 Å². The Morgan fingerprint density at radius 2 is 1.70 bits per heavy atom. The van der Waals surface area contributed by atoms with Crippen LogP contribution in [-0.2, 0) is 4.79 Å². The molecule has 2 aliphatic heterocycles. The van der Waals surface area contributed by atoms with Gasteiger partial charge in [-0.3, -0.25) is 18.8 Å². The minimum absolute atomic E-state index is 0.119. The van der Waals surface area contributed by atoms with Gasteiger partial charge in [0.1, 0.15) is 35.0 Å². The summed E-state index contributed by atoms with van der Waals surface area (Å²) < 4.78 is 8.96. The van der Waals surface area contributed by atoms with Gasteiger partial charge in [0.2, 0.25) is 0 Å². The van der Waals surface area contributed by atoms with E-state index in [1.54, 1.807) is 39.8 Å². The summed E-state index contributed by atoms with van der Waals surface area (Å²) in [5, 5.41) is 9.87. The summed E-state index contributed by atoms with van der Waals surface area (Å²) >= 11 is 0. The highest BCUT2D eigenvalue weighted by atomic mass is 16.5. The summed E-state index contributed by atoms with van der Waals surface area (Å²) in [6.07, 6.45) is 6.54. The number of hydrogen-bond acceptors (Lipinski definition) is 8. The molecule has 2 aromatic carbocycles. The van der Waals surface area contributed by atoms with Gasteiger partial charge in [0.25, 0.3) is 5.91 Å². The Morgan fingerprint density at radius 1 is 1.02 bits per heavy atom. The number of carbonyl (C=O) groups excluding carboxylic acids is 1. The fraction of sp³-hybridized carbons (Fsp3) is 0.344. The number of fused-ring (bicyclic) bond motifs is 1. The molecule has 2 fully saturated rings. The smallest absolute Gasteiger partial charge is 0.335 e. The molecular formula is C32H34N8O3. The van der Waals surface area contributed by atoms with Crippen molar-refractivity contribution in [3.05, 3.63) is 83.1 Å². The van der Waals surface area contributed by atoms with Crippen molar-refractivity contribution < 1.29 is 9.53 Å². The summed E-state index contributed by atoms with van der Waals surface area (Å²) in [5.74, 6) is 1.17. The number of rotatable bonds is 7. The maximum absolute atomic E-state index is 13.9. The van der Waals surface area contributed by atoms with Gasteiger partial charge in [-0.25, -0.2) is 14.8 Å². The minimum atomic E-state index is -0.411. The lowest BCUT2D eigenvalue weighted by Gasteiger charge is -2.41. The second kappa shape index (κ2) is 11.4. The van der Waals surface area contributed by atoms with E-state index in [4.69, 9.17) is 10.5 Å². The molecule has 0 atom stereocenters. The molecule has 6 rings (SSSR count). The number of aromatic nitrogens is 4. The second-order valence-corrected chi connectivity index (χ2v) is 11.6. The first-order chi connectivity index (χ1) is 20.8. The fourth-order valence-corrected chi connectivity index (χ4v) is 5.94. The van der Waals surface area contributed by atoms with Crippen LogP contribution in [0.4, 0.5) is 5.82 Å². The second-order valence-electron chi connectivity index (χ2n) is 11.6. The Labute approximate surface area is 249 Å². The molecule has 2 N–H and O–H groups in total. The van der Waals surface area contributed by atoms with Crippen LogP contribution in [0.2, 0.25) is 0 Å². The highest BCUT2D eigenvalue weighted by Gasteiger charge is 2.38. The van der Waals surface area contributed by atoms with E-state index in [1.165, 1.54) is 17.3 Å². The summed E-state index contributed by atoms with van der Waals surface area (Å²) in [6.45, 7) is 6.52. The van der Waals surface area contributed by atoms with Crippen LogP contribution >= 0.6 is 0 Å². The van der Waals surface area contributed by atoms with Crippen molar-refractivity contribution in [2.45, 2.75) is 44.7 Å². The van der Waals surface area contributed by atoms with Crippen LogP contribution < -0.4 is 16.2 Å². The molecule has 0 aliphatic carbocycles. The number of imidazole rings is 1. The van der Waals surface area contributed by atoms with Crippen molar-refractivity contribution in [1.29, 1.82) is 5.26 Å². The van der Waals surface area contributed by atoms with E-state index in [1.807, 2.05) is 44.2 Å². The number of nitrogens with two attached hydrogens (primary N) is 1. The van der Waals surface area contributed by atoms with Crippen LogP contribution in [0.3, 0.4) is 0 Å². The Kier molecular flexibility index (Phi) is 7.46. The van der Waals surface area contributed by atoms with Crippen molar-refractivity contribution in [2.24, 2.45) is 0 Å². The third-order valence-corrected chi connectivity index (χ3v) is 8.29. The molecule has 0 radical (unpaired) electrons. The van der Waals surface area contributed by atoms with Gasteiger partial charge in [-0.05, 0) is 82.3 Å². The van der Waals surface area contributed by atoms with Crippen LogP contribution in [0.1, 0.15) is 39.2 Å². The van der Waals surface area contributed by atoms with Gasteiger partial charge in [-0.1, -0.05) is 24.6 Å². The van der Waals surface area contributed by atoms with Gasteiger partial charge in [0.15, 0.2) is 11.5 Å². The molecule has 0 unspecified atom stereocenters. The predicted molar refractivity (Wildman–Crippen MR) is 163 cm³/mol. The van der Waals surface area contributed by atoms with Gasteiger partial charge in [0.05, 0.1) is 11.7 Å². The zero-order chi connectivity index (χ0) is 30.1. The van der Waals surface area contributed by atoms with E-state index in [0.717, 1.165) is 25.9 Å². The number of benzene rings is 2. The molecule has 1 amide bonds. The predicted octanol–water partition coefficient (Wildman–Crippen LogP) is 4.05. The highest BCUT2D eigenvalue weighted by molar-refractivity contribution is 5.98. The summed E-state index contributed by atoms with van der Waals surface area (Å²) in [6, 6.07) is 18.3. The lowest BCUT2D eigenvalue weighted by molar-refractivity contribution is -0.132. The quantitative estimate of drug-likeness (QED) is 0.256. The van der Waals surface area contributed by atoms with Crippen molar-refractivity contribution in [3.8, 4) is 23.3 Å². The Hall–Kier alpha value is -4.95. The zero-order valence-corrected chi connectivity index (χ0v) is 24.3. The van der Waals surface area contributed by atoms with Crippen LogP contribution in [0.25, 0.3) is 16.9 Å².